The second kappa shape index (κ2) is 4.56. The molecule has 0 radical (unpaired) electrons. The molecular weight excluding hydrogens is 272 g/mol. The van der Waals surface area contributed by atoms with E-state index in [-0.39, 0.29) is 0 Å². The van der Waals surface area contributed by atoms with Crippen LogP contribution in [0.15, 0.2) is 34.9 Å². The van der Waals surface area contributed by atoms with E-state index >= 15 is 0 Å². The fourth-order valence-electron chi connectivity index (χ4n) is 1.22. The lowest BCUT2D eigenvalue weighted by molar-refractivity contribution is 1.24. The molecule has 1 aromatic heterocycles. The van der Waals surface area contributed by atoms with E-state index in [1.807, 2.05) is 30.3 Å². The Hall–Kier alpha value is -1.18. The van der Waals surface area contributed by atoms with Gasteiger partial charge in [-0.15, -0.1) is 11.3 Å². The van der Waals surface area contributed by atoms with Crippen LogP contribution < -0.4 is 0 Å². The van der Waals surface area contributed by atoms with Gasteiger partial charge in [0, 0.05) is 5.56 Å². The SMILES string of the molecule is N#CCc1sc(-c2ccccc2)nc1Br. The molecule has 0 N–H and O–H groups in total. The Morgan fingerprint density at radius 2 is 2.07 bits per heavy atom. The molecule has 0 spiro atoms. The van der Waals surface area contributed by atoms with Crippen LogP contribution in [0, 0.1) is 11.3 Å². The Bertz CT molecular complexity index is 499. The summed E-state index contributed by atoms with van der Waals surface area (Å²) in [4.78, 5) is 5.37. The van der Waals surface area contributed by atoms with Crippen molar-refractivity contribution in [3.63, 3.8) is 0 Å². The van der Waals surface area contributed by atoms with Crippen LogP contribution in [-0.4, -0.2) is 4.98 Å². The fraction of sp³-hybridized carbons (Fsp3) is 0.0909. The summed E-state index contributed by atoms with van der Waals surface area (Å²) in [7, 11) is 0. The third kappa shape index (κ3) is 2.25. The summed E-state index contributed by atoms with van der Waals surface area (Å²) in [6.07, 6.45) is 0.408. The zero-order chi connectivity index (χ0) is 10.7. The maximum atomic E-state index is 8.63. The van der Waals surface area contributed by atoms with Crippen molar-refractivity contribution in [2.45, 2.75) is 6.42 Å². The predicted molar refractivity (Wildman–Crippen MR) is 64.6 cm³/mol. The fourth-order valence-corrected chi connectivity index (χ4v) is 2.79. The van der Waals surface area contributed by atoms with Crippen LogP contribution in [0.5, 0.6) is 0 Å². The third-order valence-corrected chi connectivity index (χ3v) is 3.93. The summed E-state index contributed by atoms with van der Waals surface area (Å²) in [5.74, 6) is 0. The summed E-state index contributed by atoms with van der Waals surface area (Å²) in [5.41, 5.74) is 1.09. The van der Waals surface area contributed by atoms with Crippen molar-refractivity contribution in [1.82, 2.24) is 4.98 Å². The number of halogens is 1. The molecule has 0 saturated carbocycles. The number of aromatic nitrogens is 1. The molecule has 0 aliphatic heterocycles. The summed E-state index contributed by atoms with van der Waals surface area (Å²) in [6.45, 7) is 0. The molecule has 2 rings (SSSR count). The van der Waals surface area contributed by atoms with Gasteiger partial charge in [-0.3, -0.25) is 0 Å². The summed E-state index contributed by atoms with van der Waals surface area (Å²) >= 11 is 4.92. The van der Waals surface area contributed by atoms with Gasteiger partial charge in [0.1, 0.15) is 9.61 Å². The summed E-state index contributed by atoms with van der Waals surface area (Å²) in [5, 5.41) is 9.58. The Labute approximate surface area is 100 Å². The van der Waals surface area contributed by atoms with Crippen LogP contribution in [0.25, 0.3) is 10.6 Å². The lowest BCUT2D eigenvalue weighted by Gasteiger charge is -1.92. The minimum absolute atomic E-state index is 0.408. The van der Waals surface area contributed by atoms with Gasteiger partial charge < -0.3 is 0 Å². The minimum atomic E-state index is 0.408. The smallest absolute Gasteiger partial charge is 0.124 e. The molecule has 0 saturated heterocycles. The topological polar surface area (TPSA) is 36.7 Å². The maximum Gasteiger partial charge on any atom is 0.124 e. The Morgan fingerprint density at radius 3 is 2.73 bits per heavy atom. The highest BCUT2D eigenvalue weighted by Gasteiger charge is 2.09. The largest absolute Gasteiger partial charge is 0.229 e. The molecule has 0 bridgehead atoms. The molecule has 15 heavy (non-hydrogen) atoms. The molecule has 2 nitrogen and oxygen atoms in total. The van der Waals surface area contributed by atoms with E-state index in [2.05, 4.69) is 27.0 Å². The van der Waals surface area contributed by atoms with E-state index in [9.17, 15) is 0 Å². The first-order chi connectivity index (χ1) is 7.31. The molecule has 1 heterocycles. The van der Waals surface area contributed by atoms with E-state index in [0.29, 0.717) is 6.42 Å². The van der Waals surface area contributed by atoms with Gasteiger partial charge in [-0.1, -0.05) is 30.3 Å². The molecule has 0 amide bonds. The van der Waals surface area contributed by atoms with Crippen molar-refractivity contribution < 1.29 is 0 Å². The van der Waals surface area contributed by atoms with Crippen LogP contribution in [0.1, 0.15) is 4.88 Å². The van der Waals surface area contributed by atoms with Crippen molar-refractivity contribution in [3.05, 3.63) is 39.8 Å². The van der Waals surface area contributed by atoms with E-state index in [1.165, 1.54) is 0 Å². The second-order valence-electron chi connectivity index (χ2n) is 2.93. The molecule has 0 atom stereocenters. The zero-order valence-corrected chi connectivity index (χ0v) is 10.2. The van der Waals surface area contributed by atoms with Crippen molar-refractivity contribution in [1.29, 1.82) is 5.26 Å². The molecular formula is C11H7BrN2S. The average molecular weight is 279 g/mol. The number of hydrogen-bond donors (Lipinski definition) is 0. The van der Waals surface area contributed by atoms with E-state index in [4.69, 9.17) is 5.26 Å². The summed E-state index contributed by atoms with van der Waals surface area (Å²) in [6, 6.07) is 12.1. The van der Waals surface area contributed by atoms with Crippen molar-refractivity contribution in [2.24, 2.45) is 0 Å². The van der Waals surface area contributed by atoms with Crippen molar-refractivity contribution >= 4 is 27.3 Å². The molecule has 1 aromatic carbocycles. The van der Waals surface area contributed by atoms with Gasteiger partial charge in [0.05, 0.1) is 17.4 Å². The lowest BCUT2D eigenvalue weighted by Crippen LogP contribution is -1.75. The first-order valence-electron chi connectivity index (χ1n) is 4.39. The molecule has 0 aliphatic carbocycles. The number of thiazole rings is 1. The highest BCUT2D eigenvalue weighted by atomic mass is 79.9. The summed E-state index contributed by atoms with van der Waals surface area (Å²) < 4.78 is 0.785. The standard InChI is InChI=1S/C11H7BrN2S/c12-10-9(6-7-13)15-11(14-10)8-4-2-1-3-5-8/h1-5H,6H2. The number of nitrogens with zero attached hydrogens (tertiary/aromatic N) is 2. The monoisotopic (exact) mass is 278 g/mol. The number of benzene rings is 1. The second-order valence-corrected chi connectivity index (χ2v) is 4.77. The number of hydrogen-bond acceptors (Lipinski definition) is 3. The van der Waals surface area contributed by atoms with E-state index in [1.54, 1.807) is 11.3 Å². The van der Waals surface area contributed by atoms with Gasteiger partial charge in [-0.25, -0.2) is 4.98 Å². The van der Waals surface area contributed by atoms with Crippen LogP contribution in [0.2, 0.25) is 0 Å². The Morgan fingerprint density at radius 1 is 1.33 bits per heavy atom. The van der Waals surface area contributed by atoms with Gasteiger partial charge in [0.25, 0.3) is 0 Å². The first-order valence-corrected chi connectivity index (χ1v) is 6.00. The van der Waals surface area contributed by atoms with Crippen LogP contribution >= 0.6 is 27.3 Å². The van der Waals surface area contributed by atoms with Gasteiger partial charge in [-0.05, 0) is 15.9 Å². The normalized spacial score (nSPS) is 9.87. The minimum Gasteiger partial charge on any atom is -0.229 e. The Kier molecular flexibility index (Phi) is 3.14. The molecule has 0 aliphatic rings. The van der Waals surface area contributed by atoms with Crippen LogP contribution in [-0.2, 0) is 6.42 Å². The van der Waals surface area contributed by atoms with Crippen LogP contribution in [0.4, 0.5) is 0 Å². The van der Waals surface area contributed by atoms with E-state index in [0.717, 1.165) is 20.1 Å². The average Bonchev–Trinajstić information content (AvgIpc) is 2.63. The number of nitriles is 1. The van der Waals surface area contributed by atoms with Crippen molar-refractivity contribution in [3.8, 4) is 16.6 Å². The van der Waals surface area contributed by atoms with Gasteiger partial charge in [0.2, 0.25) is 0 Å². The quantitative estimate of drug-likeness (QED) is 0.841. The highest BCUT2D eigenvalue weighted by Crippen LogP contribution is 2.30. The Balaban J connectivity index is 2.40. The predicted octanol–water partition coefficient (Wildman–Crippen LogP) is 3.64. The first kappa shape index (κ1) is 10.3. The van der Waals surface area contributed by atoms with Gasteiger partial charge in [0.15, 0.2) is 0 Å². The van der Waals surface area contributed by atoms with Crippen molar-refractivity contribution in [2.75, 3.05) is 0 Å². The maximum absolute atomic E-state index is 8.63. The molecule has 2 aromatic rings. The lowest BCUT2D eigenvalue weighted by atomic mass is 10.2. The number of rotatable bonds is 2. The highest BCUT2D eigenvalue weighted by molar-refractivity contribution is 9.10. The molecule has 0 fully saturated rings. The third-order valence-electron chi connectivity index (χ3n) is 1.91. The van der Waals surface area contributed by atoms with Crippen LogP contribution in [0.3, 0.4) is 0 Å². The molecule has 0 unspecified atom stereocenters. The van der Waals surface area contributed by atoms with Gasteiger partial charge in [-0.2, -0.15) is 5.26 Å². The van der Waals surface area contributed by atoms with Gasteiger partial charge >= 0.3 is 0 Å². The molecule has 74 valence electrons. The van der Waals surface area contributed by atoms with E-state index < -0.39 is 0 Å². The molecule has 4 heteroatoms. The zero-order valence-electron chi connectivity index (χ0n) is 7.77.